The lowest BCUT2D eigenvalue weighted by Crippen LogP contribution is -2.36. The maximum Gasteiger partial charge on any atom is 0.339 e. The molecule has 0 saturated carbocycles. The van der Waals surface area contributed by atoms with Crippen LogP contribution in [0.15, 0.2) is 46.6 Å². The molecule has 29 heavy (non-hydrogen) atoms. The number of ether oxygens (including phenoxy) is 3. The largest absolute Gasteiger partial charge is 0.468 e. The number of nitrogens with zero attached hydrogens (tertiary/aromatic N) is 1. The van der Waals surface area contributed by atoms with Crippen LogP contribution in [0, 0.1) is 11.3 Å². The highest BCUT2D eigenvalue weighted by atomic mass is 16.7. The first-order valence-electron chi connectivity index (χ1n) is 9.31. The highest BCUT2D eigenvalue weighted by molar-refractivity contribution is 6.06. The van der Waals surface area contributed by atoms with Gasteiger partial charge in [-0.2, -0.15) is 0 Å². The van der Waals surface area contributed by atoms with Crippen molar-refractivity contribution in [3.63, 3.8) is 0 Å². The number of benzene rings is 1. The molecule has 1 aromatic rings. The molecule has 2 atom stereocenters. The lowest BCUT2D eigenvalue weighted by atomic mass is 9.75. The third-order valence-electron chi connectivity index (χ3n) is 4.65. The highest BCUT2D eigenvalue weighted by Gasteiger charge is 2.42. The Morgan fingerprint density at radius 2 is 1.66 bits per heavy atom. The molecule has 2 unspecified atom stereocenters. The van der Waals surface area contributed by atoms with Gasteiger partial charge < -0.3 is 14.2 Å². The van der Waals surface area contributed by atoms with Crippen molar-refractivity contribution in [2.45, 2.75) is 40.5 Å². The van der Waals surface area contributed by atoms with Crippen LogP contribution < -0.4 is 0 Å². The fraction of sp³-hybridized carbons (Fsp3) is 0.455. The van der Waals surface area contributed by atoms with Gasteiger partial charge in [0.15, 0.2) is 0 Å². The number of allylic oxidation sites excluding steroid dienone is 1. The predicted octanol–water partition coefficient (Wildman–Crippen LogP) is 3.40. The summed E-state index contributed by atoms with van der Waals surface area (Å²) in [6.45, 7) is 8.01. The van der Waals surface area contributed by atoms with Crippen LogP contribution in [0.5, 0.6) is 0 Å². The lowest BCUT2D eigenvalue weighted by Gasteiger charge is -2.31. The van der Waals surface area contributed by atoms with Gasteiger partial charge in [-0.3, -0.25) is 14.6 Å². The Morgan fingerprint density at radius 3 is 2.21 bits per heavy atom. The number of hydrogen-bond donors (Lipinski definition) is 0. The second-order valence-corrected chi connectivity index (χ2v) is 7.87. The molecule has 1 aliphatic rings. The van der Waals surface area contributed by atoms with E-state index < -0.39 is 42.0 Å². The van der Waals surface area contributed by atoms with Gasteiger partial charge in [0.1, 0.15) is 5.92 Å². The van der Waals surface area contributed by atoms with Crippen LogP contribution in [0.4, 0.5) is 0 Å². The van der Waals surface area contributed by atoms with E-state index in [0.29, 0.717) is 11.4 Å². The van der Waals surface area contributed by atoms with Crippen molar-refractivity contribution < 1.29 is 28.6 Å². The smallest absolute Gasteiger partial charge is 0.339 e. The average Bonchev–Trinajstić information content (AvgIpc) is 2.66. The van der Waals surface area contributed by atoms with Crippen LogP contribution in [0.3, 0.4) is 0 Å². The molecule has 0 bridgehead atoms. The molecule has 1 aromatic carbocycles. The molecule has 0 spiro atoms. The average molecular weight is 401 g/mol. The van der Waals surface area contributed by atoms with E-state index >= 15 is 0 Å². The number of esters is 3. The molecule has 2 rings (SSSR count). The van der Waals surface area contributed by atoms with Gasteiger partial charge in [0.05, 0.1) is 18.1 Å². The van der Waals surface area contributed by atoms with Crippen molar-refractivity contribution >= 4 is 23.6 Å². The number of methoxy groups -OCH3 is 1. The van der Waals surface area contributed by atoms with Crippen LogP contribution >= 0.6 is 0 Å². The molecular weight excluding hydrogens is 374 g/mol. The molecule has 156 valence electrons. The minimum atomic E-state index is -0.759. The van der Waals surface area contributed by atoms with E-state index in [4.69, 9.17) is 14.2 Å². The Hall–Kier alpha value is -2.96. The molecule has 1 heterocycles. The molecule has 0 amide bonds. The molecule has 0 radical (unpaired) electrons. The van der Waals surface area contributed by atoms with Gasteiger partial charge >= 0.3 is 17.9 Å². The second-order valence-electron chi connectivity index (χ2n) is 7.87. The number of carbonyl (C=O) groups is 3. The first kappa shape index (κ1) is 22.3. The Balaban J connectivity index is 2.35. The maximum absolute atomic E-state index is 12.9. The summed E-state index contributed by atoms with van der Waals surface area (Å²) in [7, 11) is 1.30. The van der Waals surface area contributed by atoms with Gasteiger partial charge in [0.25, 0.3) is 0 Å². The van der Waals surface area contributed by atoms with Gasteiger partial charge in [-0.05, 0) is 40.2 Å². The predicted molar refractivity (Wildman–Crippen MR) is 107 cm³/mol. The summed E-state index contributed by atoms with van der Waals surface area (Å²) < 4.78 is 15.2. The molecule has 7 heteroatoms. The van der Waals surface area contributed by atoms with E-state index in [1.54, 1.807) is 34.6 Å². The summed E-state index contributed by atoms with van der Waals surface area (Å²) in [4.78, 5) is 41.7. The van der Waals surface area contributed by atoms with Crippen LogP contribution in [0.1, 0.15) is 46.1 Å². The van der Waals surface area contributed by atoms with Gasteiger partial charge in [-0.1, -0.05) is 30.3 Å². The monoisotopic (exact) mass is 401 g/mol. The van der Waals surface area contributed by atoms with Crippen molar-refractivity contribution in [2.24, 2.45) is 16.3 Å². The number of rotatable bonds is 5. The summed E-state index contributed by atoms with van der Waals surface area (Å²) in [6, 6.07) is 9.17. The number of carbonyl (C=O) groups excluding carboxylic acids is 3. The standard InChI is InChI=1S/C22H27NO6/c1-13-16(19(24)27-6)18(15-10-8-7-9-11-15)17(14(2)23-13)20(25)28-12-29-21(26)22(3,4)5/h7-11,16,18H,12H2,1-6H3. The minimum Gasteiger partial charge on any atom is -0.468 e. The van der Waals surface area contributed by atoms with E-state index in [1.165, 1.54) is 7.11 Å². The fourth-order valence-corrected chi connectivity index (χ4v) is 3.19. The Morgan fingerprint density at radius 1 is 1.03 bits per heavy atom. The first-order chi connectivity index (χ1) is 13.6. The minimum absolute atomic E-state index is 0.240. The summed E-state index contributed by atoms with van der Waals surface area (Å²) in [6.07, 6.45) is 0. The van der Waals surface area contributed by atoms with Gasteiger partial charge in [0, 0.05) is 17.3 Å². The van der Waals surface area contributed by atoms with E-state index in [2.05, 4.69) is 4.99 Å². The zero-order valence-corrected chi connectivity index (χ0v) is 17.6. The number of aliphatic imine (C=N–C) groups is 1. The quantitative estimate of drug-likeness (QED) is 0.555. The van der Waals surface area contributed by atoms with Crippen molar-refractivity contribution in [1.29, 1.82) is 0 Å². The van der Waals surface area contributed by atoms with E-state index in [9.17, 15) is 14.4 Å². The fourth-order valence-electron chi connectivity index (χ4n) is 3.19. The summed E-state index contributed by atoms with van der Waals surface area (Å²) in [5.74, 6) is -3.04. The molecule has 7 nitrogen and oxygen atoms in total. The normalized spacial score (nSPS) is 19.3. The molecule has 0 aliphatic carbocycles. The zero-order chi connectivity index (χ0) is 21.8. The molecule has 0 aromatic heterocycles. The van der Waals surface area contributed by atoms with Crippen LogP contribution in [-0.2, 0) is 28.6 Å². The molecule has 1 aliphatic heterocycles. The van der Waals surface area contributed by atoms with Gasteiger partial charge in [-0.15, -0.1) is 0 Å². The van der Waals surface area contributed by atoms with Gasteiger partial charge in [0.2, 0.25) is 6.79 Å². The highest BCUT2D eigenvalue weighted by Crippen LogP contribution is 2.39. The van der Waals surface area contributed by atoms with Crippen molar-refractivity contribution in [3.05, 3.63) is 47.2 Å². The van der Waals surface area contributed by atoms with Crippen molar-refractivity contribution in [1.82, 2.24) is 0 Å². The first-order valence-corrected chi connectivity index (χ1v) is 9.31. The maximum atomic E-state index is 12.9. The van der Waals surface area contributed by atoms with E-state index in [-0.39, 0.29) is 5.57 Å². The Labute approximate surface area is 170 Å². The topological polar surface area (TPSA) is 91.3 Å². The molecule has 0 N–H and O–H groups in total. The van der Waals surface area contributed by atoms with E-state index in [1.807, 2.05) is 30.3 Å². The second kappa shape index (κ2) is 9.03. The van der Waals surface area contributed by atoms with E-state index in [0.717, 1.165) is 5.56 Å². The molecule has 0 fully saturated rings. The zero-order valence-electron chi connectivity index (χ0n) is 17.6. The SMILES string of the molecule is COC(=O)C1C(C)=NC(C)=C(C(=O)OCOC(=O)C(C)(C)C)C1c1ccccc1. The Bertz CT molecular complexity index is 848. The lowest BCUT2D eigenvalue weighted by molar-refractivity contribution is -0.171. The molecule has 0 saturated heterocycles. The number of hydrogen-bond acceptors (Lipinski definition) is 7. The van der Waals surface area contributed by atoms with Crippen LogP contribution in [0.2, 0.25) is 0 Å². The van der Waals surface area contributed by atoms with Gasteiger partial charge in [-0.25, -0.2) is 4.79 Å². The summed E-state index contributed by atoms with van der Waals surface area (Å²) >= 11 is 0. The summed E-state index contributed by atoms with van der Waals surface area (Å²) in [5.41, 5.74) is 1.29. The summed E-state index contributed by atoms with van der Waals surface area (Å²) in [5, 5.41) is 0. The van der Waals surface area contributed by atoms with Crippen molar-refractivity contribution in [3.8, 4) is 0 Å². The molecular formula is C22H27NO6. The van der Waals surface area contributed by atoms with Crippen molar-refractivity contribution in [2.75, 3.05) is 13.9 Å². The third-order valence-corrected chi connectivity index (χ3v) is 4.65. The Kier molecular flexibility index (Phi) is 6.95. The third kappa shape index (κ3) is 5.10. The van der Waals surface area contributed by atoms with Crippen LogP contribution in [-0.4, -0.2) is 37.5 Å². The van der Waals surface area contributed by atoms with Crippen LogP contribution in [0.25, 0.3) is 0 Å².